The van der Waals surface area contributed by atoms with Gasteiger partial charge < -0.3 is 9.47 Å². The van der Waals surface area contributed by atoms with Gasteiger partial charge in [0.05, 0.1) is 17.4 Å². The van der Waals surface area contributed by atoms with E-state index in [1.807, 2.05) is 24.0 Å². The molecule has 160 valence electrons. The van der Waals surface area contributed by atoms with E-state index in [9.17, 15) is 0 Å². The van der Waals surface area contributed by atoms with Crippen LogP contribution in [0.25, 0.3) is 5.69 Å². The zero-order valence-electron chi connectivity index (χ0n) is 19.2. The molecule has 0 spiro atoms. The van der Waals surface area contributed by atoms with Crippen LogP contribution in [0.2, 0.25) is 0 Å². The lowest BCUT2D eigenvalue weighted by molar-refractivity contribution is 0.320. The number of hydrogen-bond acceptors (Lipinski definition) is 4. The lowest BCUT2D eigenvalue weighted by atomic mass is 9.96. The molecule has 0 bridgehead atoms. The number of benzene rings is 1. The molecule has 0 amide bonds. The van der Waals surface area contributed by atoms with Crippen LogP contribution in [-0.2, 0) is 0 Å². The first-order valence-electron chi connectivity index (χ1n) is 11.0. The van der Waals surface area contributed by atoms with E-state index in [1.165, 1.54) is 44.5 Å². The quantitative estimate of drug-likeness (QED) is 0.511. The second kappa shape index (κ2) is 7.56. The van der Waals surface area contributed by atoms with Gasteiger partial charge >= 0.3 is 0 Å². The molecule has 0 N–H and O–H groups in total. The van der Waals surface area contributed by atoms with Gasteiger partial charge in [0.15, 0.2) is 5.17 Å². The number of thioether (sulfide) groups is 1. The van der Waals surface area contributed by atoms with Gasteiger partial charge in [-0.05, 0) is 69.5 Å². The molecule has 0 aliphatic carbocycles. The van der Waals surface area contributed by atoms with E-state index >= 15 is 0 Å². The van der Waals surface area contributed by atoms with Crippen molar-refractivity contribution in [3.05, 3.63) is 81.9 Å². The highest BCUT2D eigenvalue weighted by Gasteiger charge is 2.44. The van der Waals surface area contributed by atoms with Crippen molar-refractivity contribution in [2.75, 3.05) is 6.54 Å². The van der Waals surface area contributed by atoms with Crippen LogP contribution in [0.15, 0.2) is 47.6 Å². The second-order valence-electron chi connectivity index (χ2n) is 9.05. The molecule has 3 atom stereocenters. The molecular weight excluding hydrogens is 400 g/mol. The third-order valence-electron chi connectivity index (χ3n) is 6.53. The lowest BCUT2D eigenvalue weighted by Gasteiger charge is -2.27. The first-order chi connectivity index (χ1) is 14.8. The highest BCUT2D eigenvalue weighted by Crippen LogP contribution is 2.49. The van der Waals surface area contributed by atoms with Crippen molar-refractivity contribution in [2.45, 2.75) is 58.9 Å². The van der Waals surface area contributed by atoms with Crippen LogP contribution in [0, 0.1) is 34.6 Å². The van der Waals surface area contributed by atoms with Crippen molar-refractivity contribution >= 4 is 16.9 Å². The summed E-state index contributed by atoms with van der Waals surface area (Å²) in [5.41, 5.74) is 10.3. The Bertz CT molecular complexity index is 1150. The van der Waals surface area contributed by atoms with E-state index in [2.05, 4.69) is 86.3 Å². The zero-order chi connectivity index (χ0) is 21.9. The SMILES string of the molecule is Cc1cc(C)c(-n2c(C)cc([C@H]3[C@H](c4ccccn4)N=C4S[C@@H](C)CN43)c2C)c(C)c1. The smallest absolute Gasteiger partial charge is 0.160 e. The molecule has 5 rings (SSSR count). The lowest BCUT2D eigenvalue weighted by Crippen LogP contribution is -2.29. The molecule has 2 aliphatic rings. The minimum Gasteiger partial charge on any atom is -0.341 e. The molecule has 3 aromatic rings. The van der Waals surface area contributed by atoms with E-state index in [0.29, 0.717) is 5.25 Å². The Kier molecular flexibility index (Phi) is 4.97. The predicted octanol–water partition coefficient (Wildman–Crippen LogP) is 6.00. The largest absolute Gasteiger partial charge is 0.341 e. The van der Waals surface area contributed by atoms with Gasteiger partial charge in [-0.3, -0.25) is 9.98 Å². The Morgan fingerprint density at radius 1 is 1.00 bits per heavy atom. The molecular formula is C26H30N4S. The fourth-order valence-corrected chi connectivity index (χ4v) is 6.50. The summed E-state index contributed by atoms with van der Waals surface area (Å²) < 4.78 is 2.44. The number of pyridine rings is 1. The maximum atomic E-state index is 5.16. The number of fused-ring (bicyclic) bond motifs is 1. The van der Waals surface area contributed by atoms with Gasteiger partial charge in [-0.1, -0.05) is 42.4 Å². The Morgan fingerprint density at radius 2 is 1.74 bits per heavy atom. The predicted molar refractivity (Wildman–Crippen MR) is 130 cm³/mol. The van der Waals surface area contributed by atoms with Gasteiger partial charge in [-0.25, -0.2) is 0 Å². The standard InChI is InChI=1S/C26H30N4S/c1-15-11-16(2)24(17(3)12-15)30-18(4)13-21(20(30)6)25-23(22-9-7-8-10-27-22)28-26-29(25)14-19(5)31-26/h7-13,19,23,25H,14H2,1-6H3/t19-,23-,25-/m0/s1. The number of rotatable bonds is 3. The summed E-state index contributed by atoms with van der Waals surface area (Å²) in [6, 6.07) is 13.3. The van der Waals surface area contributed by atoms with Crippen molar-refractivity contribution in [1.29, 1.82) is 0 Å². The third-order valence-corrected chi connectivity index (χ3v) is 7.63. The topological polar surface area (TPSA) is 33.4 Å². The minimum atomic E-state index is 0.0327. The Morgan fingerprint density at radius 3 is 2.42 bits per heavy atom. The summed E-state index contributed by atoms with van der Waals surface area (Å²) in [5, 5.41) is 1.73. The van der Waals surface area contributed by atoms with Gasteiger partial charge in [0.1, 0.15) is 6.04 Å². The molecule has 0 saturated carbocycles. The van der Waals surface area contributed by atoms with Gasteiger partial charge in [-0.2, -0.15) is 0 Å². The van der Waals surface area contributed by atoms with Crippen LogP contribution >= 0.6 is 11.8 Å². The van der Waals surface area contributed by atoms with Crippen LogP contribution < -0.4 is 0 Å². The van der Waals surface area contributed by atoms with Crippen LogP contribution in [0.5, 0.6) is 0 Å². The molecule has 31 heavy (non-hydrogen) atoms. The number of aryl methyl sites for hydroxylation is 4. The molecule has 5 heteroatoms. The second-order valence-corrected chi connectivity index (χ2v) is 10.5. The van der Waals surface area contributed by atoms with Crippen LogP contribution in [0.3, 0.4) is 0 Å². The first kappa shape index (κ1) is 20.4. The summed E-state index contributed by atoms with van der Waals surface area (Å²) in [4.78, 5) is 12.4. The Balaban J connectivity index is 1.66. The number of aliphatic imine (C=N–C) groups is 1. The minimum absolute atomic E-state index is 0.0327. The Hall–Kier alpha value is -2.53. The molecule has 0 radical (unpaired) electrons. The summed E-state index contributed by atoms with van der Waals surface area (Å²) in [6.07, 6.45) is 1.88. The zero-order valence-corrected chi connectivity index (χ0v) is 20.0. The van der Waals surface area contributed by atoms with Gasteiger partial charge in [0, 0.05) is 29.4 Å². The monoisotopic (exact) mass is 430 g/mol. The fourth-order valence-electron chi connectivity index (χ4n) is 5.41. The average molecular weight is 431 g/mol. The number of nitrogens with zero attached hydrogens (tertiary/aromatic N) is 4. The molecule has 1 aromatic carbocycles. The van der Waals surface area contributed by atoms with Crippen molar-refractivity contribution in [2.24, 2.45) is 4.99 Å². The number of amidine groups is 1. The van der Waals surface area contributed by atoms with Gasteiger partial charge in [0.25, 0.3) is 0 Å². The number of aromatic nitrogens is 2. The molecule has 2 aromatic heterocycles. The van der Waals surface area contributed by atoms with Crippen molar-refractivity contribution in [1.82, 2.24) is 14.5 Å². The molecule has 0 unspecified atom stereocenters. The van der Waals surface area contributed by atoms with Crippen molar-refractivity contribution in [3.8, 4) is 5.69 Å². The highest BCUT2D eigenvalue weighted by atomic mass is 32.2. The highest BCUT2D eigenvalue weighted by molar-refractivity contribution is 8.14. The molecule has 4 nitrogen and oxygen atoms in total. The first-order valence-corrected chi connectivity index (χ1v) is 11.9. The van der Waals surface area contributed by atoms with E-state index in [0.717, 1.165) is 12.2 Å². The van der Waals surface area contributed by atoms with Crippen LogP contribution in [0.1, 0.15) is 58.3 Å². The molecule has 2 aliphatic heterocycles. The third kappa shape index (κ3) is 3.30. The van der Waals surface area contributed by atoms with Crippen molar-refractivity contribution in [3.63, 3.8) is 0 Å². The van der Waals surface area contributed by atoms with E-state index in [-0.39, 0.29) is 12.1 Å². The van der Waals surface area contributed by atoms with Crippen LogP contribution in [-0.4, -0.2) is 31.4 Å². The van der Waals surface area contributed by atoms with E-state index < -0.39 is 0 Å². The van der Waals surface area contributed by atoms with Crippen molar-refractivity contribution < 1.29 is 0 Å². The fraction of sp³-hybridized carbons (Fsp3) is 0.385. The van der Waals surface area contributed by atoms with E-state index in [1.54, 1.807) is 0 Å². The van der Waals surface area contributed by atoms with E-state index in [4.69, 9.17) is 4.99 Å². The molecule has 4 heterocycles. The Labute approximate surface area is 189 Å². The maximum absolute atomic E-state index is 5.16. The maximum Gasteiger partial charge on any atom is 0.160 e. The average Bonchev–Trinajstić information content (AvgIpc) is 3.33. The molecule has 1 saturated heterocycles. The molecule has 1 fully saturated rings. The van der Waals surface area contributed by atoms with Crippen LogP contribution in [0.4, 0.5) is 0 Å². The summed E-state index contributed by atoms with van der Waals surface area (Å²) >= 11 is 1.89. The summed E-state index contributed by atoms with van der Waals surface area (Å²) in [7, 11) is 0. The van der Waals surface area contributed by atoms with Gasteiger partial charge in [-0.15, -0.1) is 0 Å². The van der Waals surface area contributed by atoms with Gasteiger partial charge in [0.2, 0.25) is 0 Å². The summed E-state index contributed by atoms with van der Waals surface area (Å²) in [6.45, 7) is 14.4. The normalized spacial score (nSPS) is 22.7. The number of hydrogen-bond donors (Lipinski definition) is 0. The summed E-state index contributed by atoms with van der Waals surface area (Å²) in [5.74, 6) is 0.